The van der Waals surface area contributed by atoms with Crippen molar-refractivity contribution in [3.05, 3.63) is 34.8 Å². The van der Waals surface area contributed by atoms with Gasteiger partial charge in [0.05, 0.1) is 11.4 Å². The number of rotatable bonds is 3. The molecule has 0 unspecified atom stereocenters. The number of aromatic nitrogens is 2. The van der Waals surface area contributed by atoms with Gasteiger partial charge in [-0.2, -0.15) is 0 Å². The van der Waals surface area contributed by atoms with Gasteiger partial charge < -0.3 is 5.73 Å². The summed E-state index contributed by atoms with van der Waals surface area (Å²) in [5, 5.41) is 3.30. The molecule has 0 bridgehead atoms. The first kappa shape index (κ1) is 11.8. The van der Waals surface area contributed by atoms with Crippen molar-refractivity contribution in [1.82, 2.24) is 9.97 Å². The van der Waals surface area contributed by atoms with Crippen molar-refractivity contribution in [3.8, 4) is 11.4 Å². The number of nitrogens with zero attached hydrogens (tertiary/aromatic N) is 2. The van der Waals surface area contributed by atoms with Crippen molar-refractivity contribution in [3.63, 3.8) is 0 Å². The summed E-state index contributed by atoms with van der Waals surface area (Å²) in [5.41, 5.74) is 8.07. The summed E-state index contributed by atoms with van der Waals surface area (Å²) in [7, 11) is 0. The van der Waals surface area contributed by atoms with Crippen LogP contribution in [0.15, 0.2) is 29.8 Å². The Morgan fingerprint density at radius 2 is 2.06 bits per heavy atom. The van der Waals surface area contributed by atoms with Crippen LogP contribution in [-0.2, 0) is 5.41 Å². The zero-order chi connectivity index (χ0) is 12.4. The standard InChI is InChI=1S/C14H17N3S/c15-10-14(6-2-3-7-14)13-17-12(9-18-13)11-5-1-4-8-16-11/h1,4-5,8-9H,2-3,6-7,10,15H2. The molecule has 0 amide bonds. The Balaban J connectivity index is 1.94. The van der Waals surface area contributed by atoms with Gasteiger partial charge in [0.25, 0.3) is 0 Å². The van der Waals surface area contributed by atoms with E-state index in [-0.39, 0.29) is 5.41 Å². The number of hydrogen-bond acceptors (Lipinski definition) is 4. The molecule has 0 radical (unpaired) electrons. The van der Waals surface area contributed by atoms with E-state index in [0.29, 0.717) is 6.54 Å². The highest BCUT2D eigenvalue weighted by atomic mass is 32.1. The van der Waals surface area contributed by atoms with Crippen LogP contribution in [-0.4, -0.2) is 16.5 Å². The zero-order valence-electron chi connectivity index (χ0n) is 10.3. The Morgan fingerprint density at radius 1 is 1.22 bits per heavy atom. The third kappa shape index (κ3) is 1.95. The lowest BCUT2D eigenvalue weighted by atomic mass is 9.87. The van der Waals surface area contributed by atoms with Gasteiger partial charge in [0.1, 0.15) is 5.01 Å². The fourth-order valence-electron chi connectivity index (χ4n) is 2.71. The Bertz CT molecular complexity index is 515. The van der Waals surface area contributed by atoms with Crippen LogP contribution < -0.4 is 5.73 Å². The summed E-state index contributed by atoms with van der Waals surface area (Å²) in [6.45, 7) is 0.710. The first-order valence-corrected chi connectivity index (χ1v) is 7.29. The predicted molar refractivity (Wildman–Crippen MR) is 74.5 cm³/mol. The highest BCUT2D eigenvalue weighted by Crippen LogP contribution is 2.42. The van der Waals surface area contributed by atoms with E-state index in [9.17, 15) is 0 Å². The maximum atomic E-state index is 6.00. The second-order valence-electron chi connectivity index (χ2n) is 4.94. The van der Waals surface area contributed by atoms with Crippen LogP contribution in [0.1, 0.15) is 30.7 Å². The molecule has 3 rings (SSSR count). The first-order chi connectivity index (χ1) is 8.84. The van der Waals surface area contributed by atoms with Crippen LogP contribution in [0.2, 0.25) is 0 Å². The second-order valence-corrected chi connectivity index (χ2v) is 5.80. The van der Waals surface area contributed by atoms with Gasteiger partial charge in [-0.15, -0.1) is 11.3 Å². The van der Waals surface area contributed by atoms with Crippen LogP contribution in [0.5, 0.6) is 0 Å². The van der Waals surface area contributed by atoms with E-state index in [2.05, 4.69) is 10.4 Å². The van der Waals surface area contributed by atoms with Crippen molar-refractivity contribution in [2.75, 3.05) is 6.54 Å². The number of hydrogen-bond donors (Lipinski definition) is 1. The molecule has 2 heterocycles. The average Bonchev–Trinajstić information content (AvgIpc) is 3.09. The number of thiazole rings is 1. The summed E-state index contributed by atoms with van der Waals surface area (Å²) in [5.74, 6) is 0. The smallest absolute Gasteiger partial charge is 0.101 e. The van der Waals surface area contributed by atoms with Crippen LogP contribution in [0.25, 0.3) is 11.4 Å². The van der Waals surface area contributed by atoms with E-state index in [1.54, 1.807) is 11.3 Å². The molecule has 4 heteroatoms. The van der Waals surface area contributed by atoms with Crippen LogP contribution in [0.3, 0.4) is 0 Å². The van der Waals surface area contributed by atoms with E-state index in [1.165, 1.54) is 30.7 Å². The summed E-state index contributed by atoms with van der Waals surface area (Å²) in [6, 6.07) is 5.92. The molecule has 0 atom stereocenters. The minimum absolute atomic E-state index is 0.137. The molecule has 1 aliphatic rings. The van der Waals surface area contributed by atoms with Gasteiger partial charge in [-0.05, 0) is 25.0 Å². The predicted octanol–water partition coefficient (Wildman–Crippen LogP) is 2.98. The van der Waals surface area contributed by atoms with Gasteiger partial charge in [-0.1, -0.05) is 18.9 Å². The normalized spacial score (nSPS) is 18.1. The SMILES string of the molecule is NCC1(c2nc(-c3ccccn3)cs2)CCCC1. The van der Waals surface area contributed by atoms with E-state index < -0.39 is 0 Å². The lowest BCUT2D eigenvalue weighted by Crippen LogP contribution is -2.31. The molecule has 3 nitrogen and oxygen atoms in total. The minimum atomic E-state index is 0.137. The van der Waals surface area contributed by atoms with Crippen LogP contribution >= 0.6 is 11.3 Å². The average molecular weight is 259 g/mol. The molecule has 0 spiro atoms. The van der Waals surface area contributed by atoms with Gasteiger partial charge >= 0.3 is 0 Å². The van der Waals surface area contributed by atoms with Crippen LogP contribution in [0.4, 0.5) is 0 Å². The third-order valence-electron chi connectivity index (χ3n) is 3.84. The molecule has 18 heavy (non-hydrogen) atoms. The molecule has 2 N–H and O–H groups in total. The maximum absolute atomic E-state index is 6.00. The third-order valence-corrected chi connectivity index (χ3v) is 4.93. The molecule has 2 aromatic heterocycles. The van der Waals surface area contributed by atoms with E-state index >= 15 is 0 Å². The highest BCUT2D eigenvalue weighted by Gasteiger charge is 2.37. The zero-order valence-corrected chi connectivity index (χ0v) is 11.1. The quantitative estimate of drug-likeness (QED) is 0.922. The van der Waals surface area contributed by atoms with Crippen molar-refractivity contribution in [2.24, 2.45) is 5.73 Å². The fourth-order valence-corrected chi connectivity index (χ4v) is 3.79. The van der Waals surface area contributed by atoms with Gasteiger partial charge in [0.2, 0.25) is 0 Å². The Labute approximate surface area is 111 Å². The minimum Gasteiger partial charge on any atom is -0.329 e. The number of nitrogens with two attached hydrogens (primary N) is 1. The fraction of sp³-hybridized carbons (Fsp3) is 0.429. The monoisotopic (exact) mass is 259 g/mol. The van der Waals surface area contributed by atoms with Gasteiger partial charge in [-0.3, -0.25) is 4.98 Å². The van der Waals surface area contributed by atoms with E-state index in [0.717, 1.165) is 11.4 Å². The summed E-state index contributed by atoms with van der Waals surface area (Å²) < 4.78 is 0. The molecular weight excluding hydrogens is 242 g/mol. The van der Waals surface area contributed by atoms with Crippen molar-refractivity contribution in [1.29, 1.82) is 0 Å². The summed E-state index contributed by atoms with van der Waals surface area (Å²) >= 11 is 1.73. The molecule has 1 fully saturated rings. The second kappa shape index (κ2) is 4.78. The van der Waals surface area contributed by atoms with E-state index in [1.807, 2.05) is 24.4 Å². The lowest BCUT2D eigenvalue weighted by Gasteiger charge is -2.24. The molecule has 2 aromatic rings. The molecule has 0 aromatic carbocycles. The van der Waals surface area contributed by atoms with Gasteiger partial charge in [0.15, 0.2) is 0 Å². The maximum Gasteiger partial charge on any atom is 0.101 e. The molecular formula is C14H17N3S. The Hall–Kier alpha value is -1.26. The molecule has 94 valence electrons. The molecule has 1 saturated carbocycles. The summed E-state index contributed by atoms with van der Waals surface area (Å²) in [4.78, 5) is 9.13. The largest absolute Gasteiger partial charge is 0.329 e. The van der Waals surface area contributed by atoms with Gasteiger partial charge in [-0.25, -0.2) is 4.98 Å². The Kier molecular flexibility index (Phi) is 3.14. The topological polar surface area (TPSA) is 51.8 Å². The molecule has 0 saturated heterocycles. The Morgan fingerprint density at radius 3 is 2.72 bits per heavy atom. The first-order valence-electron chi connectivity index (χ1n) is 6.42. The van der Waals surface area contributed by atoms with Crippen molar-refractivity contribution in [2.45, 2.75) is 31.1 Å². The molecule has 1 aliphatic carbocycles. The number of pyridine rings is 1. The van der Waals surface area contributed by atoms with Crippen LogP contribution in [0, 0.1) is 0 Å². The summed E-state index contributed by atoms with van der Waals surface area (Å²) in [6.07, 6.45) is 6.71. The van der Waals surface area contributed by atoms with Crippen molar-refractivity contribution >= 4 is 11.3 Å². The van der Waals surface area contributed by atoms with Crippen molar-refractivity contribution < 1.29 is 0 Å². The molecule has 0 aliphatic heterocycles. The van der Waals surface area contributed by atoms with Gasteiger partial charge in [0, 0.05) is 23.5 Å². The highest BCUT2D eigenvalue weighted by molar-refractivity contribution is 7.10. The lowest BCUT2D eigenvalue weighted by molar-refractivity contribution is 0.451. The van der Waals surface area contributed by atoms with E-state index in [4.69, 9.17) is 10.7 Å².